The van der Waals surface area contributed by atoms with Gasteiger partial charge in [0.25, 0.3) is 0 Å². The van der Waals surface area contributed by atoms with Crippen LogP contribution in [0.4, 0.5) is 0 Å². The van der Waals surface area contributed by atoms with Gasteiger partial charge in [0, 0.05) is 5.56 Å². The van der Waals surface area contributed by atoms with E-state index in [4.69, 9.17) is 14.2 Å². The van der Waals surface area contributed by atoms with Gasteiger partial charge in [-0.15, -0.1) is 0 Å². The first-order valence-corrected chi connectivity index (χ1v) is 8.73. The standard InChI is InChI=1S/C23H22O4/c1-17-13-14-19(15-21(17)22(24)25-2)23(27-20-11-7-4-8-12-20)26-16-18-9-5-3-6-10-18/h3-15,23H,16H2,1-2H3. The highest BCUT2D eigenvalue weighted by Crippen LogP contribution is 2.26. The number of rotatable bonds is 7. The van der Waals surface area contributed by atoms with E-state index in [0.717, 1.165) is 16.7 Å². The second-order valence-corrected chi connectivity index (χ2v) is 6.13. The monoisotopic (exact) mass is 362 g/mol. The Hall–Kier alpha value is -3.11. The molecule has 0 amide bonds. The third-order valence-electron chi connectivity index (χ3n) is 4.17. The molecule has 0 aromatic heterocycles. The molecule has 3 aromatic carbocycles. The average molecular weight is 362 g/mol. The summed E-state index contributed by atoms with van der Waals surface area (Å²) in [5.41, 5.74) is 3.13. The minimum Gasteiger partial charge on any atom is -0.465 e. The van der Waals surface area contributed by atoms with Crippen LogP contribution in [0.3, 0.4) is 0 Å². The van der Waals surface area contributed by atoms with Gasteiger partial charge in [-0.3, -0.25) is 0 Å². The number of methoxy groups -OCH3 is 1. The Labute approximate surface area is 159 Å². The Balaban J connectivity index is 1.87. The summed E-state index contributed by atoms with van der Waals surface area (Å²) >= 11 is 0. The van der Waals surface area contributed by atoms with Crippen molar-refractivity contribution in [2.75, 3.05) is 7.11 Å². The minimum atomic E-state index is -0.656. The van der Waals surface area contributed by atoms with Crippen LogP contribution in [0, 0.1) is 6.92 Å². The predicted molar refractivity (Wildman–Crippen MR) is 104 cm³/mol. The summed E-state index contributed by atoms with van der Waals surface area (Å²) < 4.78 is 17.0. The molecule has 3 aromatic rings. The van der Waals surface area contributed by atoms with E-state index in [1.165, 1.54) is 7.11 Å². The number of ether oxygens (including phenoxy) is 3. The van der Waals surface area contributed by atoms with Gasteiger partial charge in [-0.2, -0.15) is 0 Å². The van der Waals surface area contributed by atoms with E-state index in [1.54, 1.807) is 6.07 Å². The molecule has 0 heterocycles. The number of aryl methyl sites for hydroxylation is 1. The van der Waals surface area contributed by atoms with E-state index < -0.39 is 6.29 Å². The molecule has 0 radical (unpaired) electrons. The summed E-state index contributed by atoms with van der Waals surface area (Å²) in [6, 6.07) is 24.9. The number of esters is 1. The normalized spacial score (nSPS) is 11.6. The Kier molecular flexibility index (Phi) is 6.23. The summed E-state index contributed by atoms with van der Waals surface area (Å²) in [5.74, 6) is 0.312. The van der Waals surface area contributed by atoms with Crippen LogP contribution in [0.2, 0.25) is 0 Å². The minimum absolute atomic E-state index is 0.379. The topological polar surface area (TPSA) is 44.8 Å². The van der Waals surface area contributed by atoms with E-state index >= 15 is 0 Å². The third-order valence-corrected chi connectivity index (χ3v) is 4.17. The lowest BCUT2D eigenvalue weighted by Gasteiger charge is -2.21. The molecule has 0 N–H and O–H groups in total. The van der Waals surface area contributed by atoms with Crippen molar-refractivity contribution in [3.63, 3.8) is 0 Å². The molecule has 4 nitrogen and oxygen atoms in total. The molecule has 138 valence electrons. The fraction of sp³-hybridized carbons (Fsp3) is 0.174. The fourth-order valence-electron chi connectivity index (χ4n) is 2.68. The zero-order valence-electron chi connectivity index (χ0n) is 15.4. The van der Waals surface area contributed by atoms with Gasteiger partial charge in [0.15, 0.2) is 0 Å². The molecule has 0 aliphatic rings. The second-order valence-electron chi connectivity index (χ2n) is 6.13. The molecular formula is C23H22O4. The summed E-state index contributed by atoms with van der Waals surface area (Å²) in [6.07, 6.45) is -0.656. The molecule has 0 aliphatic heterocycles. The zero-order valence-corrected chi connectivity index (χ0v) is 15.4. The molecular weight excluding hydrogens is 340 g/mol. The van der Waals surface area contributed by atoms with Gasteiger partial charge in [0.1, 0.15) is 5.75 Å². The van der Waals surface area contributed by atoms with Gasteiger partial charge in [-0.25, -0.2) is 4.79 Å². The van der Waals surface area contributed by atoms with Crippen LogP contribution in [-0.4, -0.2) is 13.1 Å². The van der Waals surface area contributed by atoms with E-state index in [-0.39, 0.29) is 5.97 Å². The molecule has 0 saturated carbocycles. The number of carbonyl (C=O) groups is 1. The SMILES string of the molecule is COC(=O)c1cc(C(OCc2ccccc2)Oc2ccccc2)ccc1C. The number of carbonyl (C=O) groups excluding carboxylic acids is 1. The Bertz CT molecular complexity index is 875. The summed E-state index contributed by atoms with van der Waals surface area (Å²) in [7, 11) is 1.37. The van der Waals surface area contributed by atoms with Crippen molar-refractivity contribution < 1.29 is 19.0 Å². The van der Waals surface area contributed by atoms with Gasteiger partial charge in [-0.05, 0) is 36.2 Å². The van der Waals surface area contributed by atoms with Crippen molar-refractivity contribution in [1.82, 2.24) is 0 Å². The number of hydrogen-bond acceptors (Lipinski definition) is 4. The molecule has 0 bridgehead atoms. The van der Waals surface area contributed by atoms with Crippen molar-refractivity contribution in [2.45, 2.75) is 19.8 Å². The molecule has 1 unspecified atom stereocenters. The lowest BCUT2D eigenvalue weighted by molar-refractivity contribution is -0.0929. The molecule has 1 atom stereocenters. The number of para-hydroxylation sites is 1. The summed E-state index contributed by atoms with van der Waals surface area (Å²) in [4.78, 5) is 12.0. The number of hydrogen-bond donors (Lipinski definition) is 0. The van der Waals surface area contributed by atoms with Crippen LogP contribution in [0.1, 0.15) is 33.3 Å². The van der Waals surface area contributed by atoms with Crippen molar-refractivity contribution in [1.29, 1.82) is 0 Å². The van der Waals surface area contributed by atoms with Crippen LogP contribution in [0.25, 0.3) is 0 Å². The van der Waals surface area contributed by atoms with Crippen LogP contribution in [-0.2, 0) is 16.1 Å². The first-order chi connectivity index (χ1) is 13.2. The smallest absolute Gasteiger partial charge is 0.338 e. The van der Waals surface area contributed by atoms with Crippen LogP contribution in [0.5, 0.6) is 5.75 Å². The molecule has 4 heteroatoms. The number of benzene rings is 3. The first-order valence-electron chi connectivity index (χ1n) is 8.73. The van der Waals surface area contributed by atoms with Gasteiger partial charge >= 0.3 is 5.97 Å². The maximum absolute atomic E-state index is 12.0. The molecule has 0 fully saturated rings. The highest BCUT2D eigenvalue weighted by atomic mass is 16.7. The fourth-order valence-corrected chi connectivity index (χ4v) is 2.68. The van der Waals surface area contributed by atoms with Gasteiger partial charge in [-0.1, -0.05) is 60.7 Å². The maximum atomic E-state index is 12.0. The molecule has 3 rings (SSSR count). The highest BCUT2D eigenvalue weighted by Gasteiger charge is 2.18. The summed E-state index contributed by atoms with van der Waals surface area (Å²) in [6.45, 7) is 2.26. The first kappa shape index (κ1) is 18.7. The van der Waals surface area contributed by atoms with Crippen LogP contribution >= 0.6 is 0 Å². The lowest BCUT2D eigenvalue weighted by Crippen LogP contribution is -2.14. The average Bonchev–Trinajstić information content (AvgIpc) is 2.72. The summed E-state index contributed by atoms with van der Waals surface area (Å²) in [5, 5.41) is 0. The quantitative estimate of drug-likeness (QED) is 0.434. The molecule has 27 heavy (non-hydrogen) atoms. The maximum Gasteiger partial charge on any atom is 0.338 e. The predicted octanol–water partition coefficient (Wildman–Crippen LogP) is 5.08. The Morgan fingerprint density at radius 3 is 2.26 bits per heavy atom. The third kappa shape index (κ3) is 4.96. The van der Waals surface area contributed by atoms with E-state index in [2.05, 4.69) is 0 Å². The molecule has 0 spiro atoms. The van der Waals surface area contributed by atoms with Crippen LogP contribution < -0.4 is 4.74 Å². The van der Waals surface area contributed by atoms with Crippen molar-refractivity contribution in [2.24, 2.45) is 0 Å². The van der Waals surface area contributed by atoms with Crippen molar-refractivity contribution >= 4 is 5.97 Å². The Morgan fingerprint density at radius 2 is 1.59 bits per heavy atom. The van der Waals surface area contributed by atoms with Crippen molar-refractivity contribution in [3.05, 3.63) is 101 Å². The van der Waals surface area contributed by atoms with Crippen molar-refractivity contribution in [3.8, 4) is 5.75 Å². The van der Waals surface area contributed by atoms with Gasteiger partial charge in [0.05, 0.1) is 19.3 Å². The van der Waals surface area contributed by atoms with Gasteiger partial charge in [0.2, 0.25) is 6.29 Å². The molecule has 0 saturated heterocycles. The largest absolute Gasteiger partial charge is 0.465 e. The van der Waals surface area contributed by atoms with Crippen LogP contribution in [0.15, 0.2) is 78.9 Å². The second kappa shape index (κ2) is 9.01. The highest BCUT2D eigenvalue weighted by molar-refractivity contribution is 5.91. The Morgan fingerprint density at radius 1 is 0.926 bits per heavy atom. The zero-order chi connectivity index (χ0) is 19.1. The van der Waals surface area contributed by atoms with E-state index in [9.17, 15) is 4.79 Å². The van der Waals surface area contributed by atoms with E-state index in [1.807, 2.05) is 79.7 Å². The van der Waals surface area contributed by atoms with E-state index in [0.29, 0.717) is 17.9 Å². The van der Waals surface area contributed by atoms with Gasteiger partial charge < -0.3 is 14.2 Å². The molecule has 0 aliphatic carbocycles. The lowest BCUT2D eigenvalue weighted by atomic mass is 10.0.